The predicted molar refractivity (Wildman–Crippen MR) is 118 cm³/mol. The predicted octanol–water partition coefficient (Wildman–Crippen LogP) is 5.06. The molecule has 1 atom stereocenters. The first kappa shape index (κ1) is 20.0. The van der Waals surface area contributed by atoms with Gasteiger partial charge in [0, 0.05) is 55.8 Å². The number of anilines is 1. The number of para-hydroxylation sites is 1. The zero-order valence-electron chi connectivity index (χ0n) is 17.2. The molecule has 0 radical (unpaired) electrons. The summed E-state index contributed by atoms with van der Waals surface area (Å²) in [5, 5.41) is 4.38. The van der Waals surface area contributed by atoms with Crippen LogP contribution in [0.25, 0.3) is 10.9 Å². The van der Waals surface area contributed by atoms with Crippen LogP contribution in [0.3, 0.4) is 0 Å². The molecule has 1 aromatic heterocycles. The Labute approximate surface area is 167 Å². The largest absolute Gasteiger partial charge is 0.378 e. The first-order valence-corrected chi connectivity index (χ1v) is 10.2. The lowest BCUT2D eigenvalue weighted by atomic mass is 9.90. The van der Waals surface area contributed by atoms with Gasteiger partial charge in [-0.3, -0.25) is 4.79 Å². The van der Waals surface area contributed by atoms with Crippen molar-refractivity contribution in [3.05, 3.63) is 65.9 Å². The van der Waals surface area contributed by atoms with Gasteiger partial charge < -0.3 is 15.2 Å². The van der Waals surface area contributed by atoms with E-state index >= 15 is 0 Å². The lowest BCUT2D eigenvalue weighted by Crippen LogP contribution is -2.28. The molecule has 1 unspecified atom stereocenters. The second-order valence-corrected chi connectivity index (χ2v) is 7.59. The summed E-state index contributed by atoms with van der Waals surface area (Å²) in [6, 6.07) is 17.0. The van der Waals surface area contributed by atoms with Gasteiger partial charge in [-0.2, -0.15) is 0 Å². The molecule has 0 aliphatic carbocycles. The quantitative estimate of drug-likeness (QED) is 0.512. The molecule has 0 saturated carbocycles. The van der Waals surface area contributed by atoms with Crippen LogP contribution < -0.4 is 10.2 Å². The Kier molecular flexibility index (Phi) is 6.75. The molecule has 1 amide bonds. The Bertz CT molecular complexity index is 896. The van der Waals surface area contributed by atoms with Crippen molar-refractivity contribution in [3.8, 4) is 0 Å². The number of carbonyl (C=O) groups is 1. The van der Waals surface area contributed by atoms with Gasteiger partial charge in [0.25, 0.3) is 0 Å². The topological polar surface area (TPSA) is 48.1 Å². The highest BCUT2D eigenvalue weighted by Crippen LogP contribution is 2.31. The third-order valence-electron chi connectivity index (χ3n) is 5.32. The summed E-state index contributed by atoms with van der Waals surface area (Å²) < 4.78 is 0. The highest BCUT2D eigenvalue weighted by Gasteiger charge is 2.19. The van der Waals surface area contributed by atoms with Crippen molar-refractivity contribution in [1.82, 2.24) is 10.3 Å². The lowest BCUT2D eigenvalue weighted by Gasteiger charge is -2.20. The van der Waals surface area contributed by atoms with Gasteiger partial charge in [0.15, 0.2) is 0 Å². The normalized spacial score (nSPS) is 12.1. The van der Waals surface area contributed by atoms with Crippen LogP contribution in [0.5, 0.6) is 0 Å². The van der Waals surface area contributed by atoms with E-state index in [2.05, 4.69) is 70.8 Å². The number of hydrogen-bond acceptors (Lipinski definition) is 2. The van der Waals surface area contributed by atoms with Gasteiger partial charge in [-0.05, 0) is 35.7 Å². The second kappa shape index (κ2) is 9.45. The number of unbranched alkanes of at least 4 members (excludes halogenated alkanes) is 2. The van der Waals surface area contributed by atoms with E-state index in [4.69, 9.17) is 0 Å². The molecule has 3 rings (SSSR count). The molecule has 3 aromatic rings. The first-order valence-electron chi connectivity index (χ1n) is 10.2. The summed E-state index contributed by atoms with van der Waals surface area (Å²) >= 11 is 0. The molecule has 2 N–H and O–H groups in total. The zero-order chi connectivity index (χ0) is 19.9. The number of amides is 1. The maximum Gasteiger partial charge on any atom is 0.220 e. The van der Waals surface area contributed by atoms with E-state index in [1.165, 1.54) is 22.2 Å². The van der Waals surface area contributed by atoms with Gasteiger partial charge >= 0.3 is 0 Å². The fourth-order valence-corrected chi connectivity index (χ4v) is 3.63. The molecule has 0 aliphatic rings. The van der Waals surface area contributed by atoms with Crippen molar-refractivity contribution < 1.29 is 4.79 Å². The Morgan fingerprint density at radius 1 is 1.07 bits per heavy atom. The molecule has 1 heterocycles. The number of rotatable bonds is 9. The number of benzene rings is 2. The summed E-state index contributed by atoms with van der Waals surface area (Å²) in [5.74, 6) is 0.255. The molecule has 2 aromatic carbocycles. The second-order valence-electron chi connectivity index (χ2n) is 7.59. The molecule has 0 spiro atoms. The van der Waals surface area contributed by atoms with Crippen LogP contribution in [0.2, 0.25) is 0 Å². The molecule has 0 fully saturated rings. The minimum absolute atomic E-state index is 0.113. The third kappa shape index (κ3) is 4.75. The van der Waals surface area contributed by atoms with Gasteiger partial charge in [0.1, 0.15) is 0 Å². The molecular weight excluding hydrogens is 346 g/mol. The Balaban J connectivity index is 1.85. The first-order chi connectivity index (χ1) is 13.6. The highest BCUT2D eigenvalue weighted by atomic mass is 16.1. The highest BCUT2D eigenvalue weighted by molar-refractivity contribution is 5.84. The van der Waals surface area contributed by atoms with Crippen molar-refractivity contribution in [2.45, 2.75) is 38.5 Å². The molecule has 0 saturated heterocycles. The summed E-state index contributed by atoms with van der Waals surface area (Å²) in [6.07, 6.45) is 5.87. The van der Waals surface area contributed by atoms with Crippen molar-refractivity contribution in [1.29, 1.82) is 0 Å². The summed E-state index contributed by atoms with van der Waals surface area (Å²) in [6.45, 7) is 2.76. The number of aromatic amines is 1. The van der Waals surface area contributed by atoms with Crippen molar-refractivity contribution in [3.63, 3.8) is 0 Å². The van der Waals surface area contributed by atoms with Crippen molar-refractivity contribution in [2.24, 2.45) is 0 Å². The smallest absolute Gasteiger partial charge is 0.220 e. The molecule has 0 aliphatic heterocycles. The van der Waals surface area contributed by atoms with Crippen LogP contribution in [0, 0.1) is 0 Å². The average molecular weight is 378 g/mol. The van der Waals surface area contributed by atoms with Crippen LogP contribution in [0.1, 0.15) is 49.7 Å². The van der Waals surface area contributed by atoms with Gasteiger partial charge in [-0.25, -0.2) is 0 Å². The molecular formula is C24H31N3O. The lowest BCUT2D eigenvalue weighted by molar-refractivity contribution is -0.121. The van der Waals surface area contributed by atoms with Crippen molar-refractivity contribution >= 4 is 22.5 Å². The van der Waals surface area contributed by atoms with E-state index in [-0.39, 0.29) is 11.8 Å². The zero-order valence-corrected chi connectivity index (χ0v) is 17.2. The average Bonchev–Trinajstić information content (AvgIpc) is 3.13. The fourth-order valence-electron chi connectivity index (χ4n) is 3.63. The van der Waals surface area contributed by atoms with Gasteiger partial charge in [0.05, 0.1) is 0 Å². The minimum atomic E-state index is 0.113. The number of hydrogen-bond donors (Lipinski definition) is 2. The SMILES string of the molecule is CCCCCC(=O)NCC(c1ccc(N(C)C)cc1)c1c[nH]c2ccccc12. The number of fused-ring (bicyclic) bond motifs is 1. The molecule has 148 valence electrons. The number of aromatic nitrogens is 1. The number of H-pyrrole nitrogens is 1. The van der Waals surface area contributed by atoms with E-state index in [1.807, 2.05) is 20.2 Å². The minimum Gasteiger partial charge on any atom is -0.378 e. The molecule has 28 heavy (non-hydrogen) atoms. The van der Waals surface area contributed by atoms with Crippen LogP contribution in [-0.4, -0.2) is 31.5 Å². The Morgan fingerprint density at radius 3 is 2.54 bits per heavy atom. The van der Waals surface area contributed by atoms with Crippen LogP contribution in [-0.2, 0) is 4.79 Å². The summed E-state index contributed by atoms with van der Waals surface area (Å²) in [4.78, 5) is 17.8. The van der Waals surface area contributed by atoms with E-state index in [9.17, 15) is 4.79 Å². The fraction of sp³-hybridized carbons (Fsp3) is 0.375. The summed E-state index contributed by atoms with van der Waals surface area (Å²) in [5.41, 5.74) is 4.73. The van der Waals surface area contributed by atoms with E-state index < -0.39 is 0 Å². The van der Waals surface area contributed by atoms with E-state index in [0.29, 0.717) is 13.0 Å². The van der Waals surface area contributed by atoms with Gasteiger partial charge in [-0.15, -0.1) is 0 Å². The van der Waals surface area contributed by atoms with Crippen LogP contribution in [0.4, 0.5) is 5.69 Å². The van der Waals surface area contributed by atoms with Gasteiger partial charge in [-0.1, -0.05) is 50.1 Å². The van der Waals surface area contributed by atoms with Gasteiger partial charge in [0.2, 0.25) is 5.91 Å². The standard InChI is InChI=1S/C24H31N3O/c1-4-5-6-11-24(28)26-16-21(18-12-14-19(15-13-18)27(2)3)22-17-25-23-10-8-7-9-20(22)23/h7-10,12-15,17,21,25H,4-6,11,16H2,1-3H3,(H,26,28). The van der Waals surface area contributed by atoms with E-state index in [1.54, 1.807) is 0 Å². The Morgan fingerprint density at radius 2 is 1.82 bits per heavy atom. The molecule has 4 nitrogen and oxygen atoms in total. The monoisotopic (exact) mass is 377 g/mol. The van der Waals surface area contributed by atoms with E-state index in [0.717, 1.165) is 24.8 Å². The number of nitrogens with zero attached hydrogens (tertiary/aromatic N) is 1. The summed E-state index contributed by atoms with van der Waals surface area (Å²) in [7, 11) is 4.09. The number of carbonyl (C=O) groups excluding carboxylic acids is 1. The van der Waals surface area contributed by atoms with Crippen molar-refractivity contribution in [2.75, 3.05) is 25.5 Å². The van der Waals surface area contributed by atoms with Crippen LogP contribution >= 0.6 is 0 Å². The van der Waals surface area contributed by atoms with Crippen LogP contribution in [0.15, 0.2) is 54.7 Å². The maximum atomic E-state index is 12.3. The number of nitrogens with one attached hydrogen (secondary N) is 2. The third-order valence-corrected chi connectivity index (χ3v) is 5.32. The molecule has 4 heteroatoms. The maximum absolute atomic E-state index is 12.3. The Hall–Kier alpha value is -2.75. The molecule has 0 bridgehead atoms.